The van der Waals surface area contributed by atoms with Crippen LogP contribution in [0.3, 0.4) is 0 Å². The molecule has 0 spiro atoms. The maximum atomic E-state index is 13.6. The lowest BCUT2D eigenvalue weighted by Gasteiger charge is -2.12. The van der Waals surface area contributed by atoms with Gasteiger partial charge in [-0.3, -0.25) is 4.72 Å². The lowest BCUT2D eigenvalue weighted by molar-refractivity contribution is 0.401. The molecule has 8 nitrogen and oxygen atoms in total. The van der Waals surface area contributed by atoms with E-state index in [4.69, 9.17) is 9.47 Å². The summed E-state index contributed by atoms with van der Waals surface area (Å²) in [7, 11) is -2.75. The molecular formula is C22H19FN4O4S. The molecule has 2 heterocycles. The molecule has 4 aromatic rings. The van der Waals surface area contributed by atoms with Crippen molar-refractivity contribution in [2.24, 2.45) is 0 Å². The number of halogens is 1. The van der Waals surface area contributed by atoms with Crippen molar-refractivity contribution in [1.82, 2.24) is 14.5 Å². The van der Waals surface area contributed by atoms with E-state index < -0.39 is 15.8 Å². The Hall–Kier alpha value is -3.92. The van der Waals surface area contributed by atoms with Gasteiger partial charge >= 0.3 is 0 Å². The van der Waals surface area contributed by atoms with Crippen molar-refractivity contribution in [2.75, 3.05) is 11.8 Å². The van der Waals surface area contributed by atoms with Gasteiger partial charge < -0.3 is 14.0 Å². The average molecular weight is 454 g/mol. The van der Waals surface area contributed by atoms with Crippen LogP contribution in [-0.2, 0) is 10.0 Å². The van der Waals surface area contributed by atoms with Crippen molar-refractivity contribution < 1.29 is 22.3 Å². The van der Waals surface area contributed by atoms with Gasteiger partial charge in [-0.05, 0) is 61.5 Å². The molecule has 164 valence electrons. The standard InChI is InChI=1S/C22H19FN4O4S/c1-15-24-21(27-11-3-4-12-27)14-22(25-15)31-18-8-6-17(7-9-18)26-32(28,29)20-13-16(23)5-10-19(20)30-2/h3-14,26H,1-2H3. The van der Waals surface area contributed by atoms with Gasteiger partial charge in [0.25, 0.3) is 10.0 Å². The third-order valence-corrected chi connectivity index (χ3v) is 5.82. The fourth-order valence-electron chi connectivity index (χ4n) is 2.98. The summed E-state index contributed by atoms with van der Waals surface area (Å²) >= 11 is 0. The van der Waals surface area contributed by atoms with Crippen molar-refractivity contribution >= 4 is 15.7 Å². The zero-order valence-electron chi connectivity index (χ0n) is 17.2. The molecular weight excluding hydrogens is 435 g/mol. The molecule has 1 N–H and O–H groups in total. The molecule has 0 aliphatic heterocycles. The fourth-order valence-corrected chi connectivity index (χ4v) is 4.22. The summed E-state index contributed by atoms with van der Waals surface area (Å²) in [6, 6.07) is 15.0. The van der Waals surface area contributed by atoms with Crippen LogP contribution in [0.1, 0.15) is 5.82 Å². The van der Waals surface area contributed by atoms with E-state index in [1.54, 1.807) is 25.1 Å². The first kappa shape index (κ1) is 21.3. The van der Waals surface area contributed by atoms with E-state index in [-0.39, 0.29) is 16.3 Å². The Balaban J connectivity index is 1.53. The Morgan fingerprint density at radius 3 is 2.41 bits per heavy atom. The van der Waals surface area contributed by atoms with E-state index in [1.807, 2.05) is 29.1 Å². The van der Waals surface area contributed by atoms with Gasteiger partial charge in [0.1, 0.15) is 33.9 Å². The van der Waals surface area contributed by atoms with Crippen LogP contribution >= 0.6 is 0 Å². The minimum Gasteiger partial charge on any atom is -0.495 e. The molecule has 0 atom stereocenters. The minimum absolute atomic E-state index is 0.0384. The van der Waals surface area contributed by atoms with E-state index in [0.717, 1.165) is 12.1 Å². The molecule has 10 heteroatoms. The Kier molecular flexibility index (Phi) is 5.78. The van der Waals surface area contributed by atoms with Gasteiger partial charge in [-0.1, -0.05) is 0 Å². The van der Waals surface area contributed by atoms with E-state index in [2.05, 4.69) is 14.7 Å². The van der Waals surface area contributed by atoms with Gasteiger partial charge in [0, 0.05) is 24.1 Å². The van der Waals surface area contributed by atoms with E-state index in [1.165, 1.54) is 25.3 Å². The van der Waals surface area contributed by atoms with Gasteiger partial charge in [-0.15, -0.1) is 0 Å². The van der Waals surface area contributed by atoms with Crippen molar-refractivity contribution in [3.05, 3.63) is 84.7 Å². The predicted octanol–water partition coefficient (Wildman–Crippen LogP) is 4.32. The predicted molar refractivity (Wildman–Crippen MR) is 116 cm³/mol. The number of hydrogen-bond donors (Lipinski definition) is 1. The summed E-state index contributed by atoms with van der Waals surface area (Å²) in [5.41, 5.74) is 0.274. The normalized spacial score (nSPS) is 11.2. The first-order valence-electron chi connectivity index (χ1n) is 9.47. The monoisotopic (exact) mass is 454 g/mol. The van der Waals surface area contributed by atoms with Gasteiger partial charge in [0.05, 0.1) is 7.11 Å². The van der Waals surface area contributed by atoms with Gasteiger partial charge in [-0.25, -0.2) is 17.8 Å². The zero-order valence-corrected chi connectivity index (χ0v) is 18.0. The number of aromatic nitrogens is 3. The second-order valence-corrected chi connectivity index (χ2v) is 8.38. The van der Waals surface area contributed by atoms with Crippen molar-refractivity contribution in [3.63, 3.8) is 0 Å². The Labute approximate surface area is 184 Å². The summed E-state index contributed by atoms with van der Waals surface area (Å²) in [5, 5.41) is 0. The van der Waals surface area contributed by atoms with Crippen LogP contribution in [0.2, 0.25) is 0 Å². The highest BCUT2D eigenvalue weighted by Crippen LogP contribution is 2.28. The number of rotatable bonds is 7. The van der Waals surface area contributed by atoms with Crippen LogP contribution < -0.4 is 14.2 Å². The maximum absolute atomic E-state index is 13.6. The summed E-state index contributed by atoms with van der Waals surface area (Å²) in [6.45, 7) is 1.76. The van der Waals surface area contributed by atoms with Crippen LogP contribution in [0.4, 0.5) is 10.1 Å². The molecule has 2 aromatic carbocycles. The van der Waals surface area contributed by atoms with Crippen molar-refractivity contribution in [3.8, 4) is 23.2 Å². The third-order valence-electron chi connectivity index (χ3n) is 4.41. The lowest BCUT2D eigenvalue weighted by Crippen LogP contribution is -2.14. The average Bonchev–Trinajstić information content (AvgIpc) is 3.30. The van der Waals surface area contributed by atoms with Crippen LogP contribution in [0.15, 0.2) is 78.0 Å². The molecule has 0 radical (unpaired) electrons. The summed E-state index contributed by atoms with van der Waals surface area (Å²) < 4.78 is 54.0. The Morgan fingerprint density at radius 2 is 1.72 bits per heavy atom. The molecule has 0 aliphatic carbocycles. The minimum atomic E-state index is -4.07. The molecule has 4 rings (SSSR count). The fraction of sp³-hybridized carbons (Fsp3) is 0.0909. The number of nitrogens with zero attached hydrogens (tertiary/aromatic N) is 3. The molecule has 0 amide bonds. The highest BCUT2D eigenvalue weighted by atomic mass is 32.2. The number of anilines is 1. The van der Waals surface area contributed by atoms with E-state index in [0.29, 0.717) is 23.3 Å². The second-order valence-electron chi connectivity index (χ2n) is 6.73. The zero-order chi connectivity index (χ0) is 22.7. The third kappa shape index (κ3) is 4.70. The van der Waals surface area contributed by atoms with E-state index >= 15 is 0 Å². The summed E-state index contributed by atoms with van der Waals surface area (Å²) in [4.78, 5) is 8.36. The Bertz CT molecular complexity index is 1340. The SMILES string of the molecule is COc1ccc(F)cc1S(=O)(=O)Nc1ccc(Oc2cc(-n3cccc3)nc(C)n2)cc1. The molecule has 0 fully saturated rings. The summed E-state index contributed by atoms with van der Waals surface area (Å²) in [5.74, 6) is 1.35. The molecule has 0 saturated heterocycles. The van der Waals surface area contributed by atoms with Gasteiger partial charge in [-0.2, -0.15) is 4.98 Å². The topological polar surface area (TPSA) is 95.3 Å². The molecule has 32 heavy (non-hydrogen) atoms. The van der Waals surface area contributed by atoms with Crippen LogP contribution in [0.25, 0.3) is 5.82 Å². The number of ether oxygens (including phenoxy) is 2. The van der Waals surface area contributed by atoms with Crippen LogP contribution in [0, 0.1) is 12.7 Å². The number of nitrogens with one attached hydrogen (secondary N) is 1. The van der Waals surface area contributed by atoms with E-state index in [9.17, 15) is 12.8 Å². The number of benzene rings is 2. The quantitative estimate of drug-likeness (QED) is 0.447. The lowest BCUT2D eigenvalue weighted by atomic mass is 10.3. The maximum Gasteiger partial charge on any atom is 0.265 e. The first-order valence-corrected chi connectivity index (χ1v) is 11.0. The summed E-state index contributed by atoms with van der Waals surface area (Å²) in [6.07, 6.45) is 3.72. The van der Waals surface area contributed by atoms with Crippen molar-refractivity contribution in [1.29, 1.82) is 0 Å². The molecule has 0 bridgehead atoms. The number of hydrogen-bond acceptors (Lipinski definition) is 6. The number of methoxy groups -OCH3 is 1. The molecule has 2 aromatic heterocycles. The largest absolute Gasteiger partial charge is 0.495 e. The highest BCUT2D eigenvalue weighted by Gasteiger charge is 2.20. The first-order chi connectivity index (χ1) is 15.3. The number of aryl methyl sites for hydroxylation is 1. The van der Waals surface area contributed by atoms with Gasteiger partial charge in [0.2, 0.25) is 5.88 Å². The second kappa shape index (κ2) is 8.67. The number of sulfonamides is 1. The molecule has 0 aliphatic rings. The Morgan fingerprint density at radius 1 is 1.00 bits per heavy atom. The van der Waals surface area contributed by atoms with Crippen LogP contribution in [-0.4, -0.2) is 30.1 Å². The van der Waals surface area contributed by atoms with Crippen LogP contribution in [0.5, 0.6) is 17.4 Å². The van der Waals surface area contributed by atoms with Crippen molar-refractivity contribution in [2.45, 2.75) is 11.8 Å². The van der Waals surface area contributed by atoms with Gasteiger partial charge in [0.15, 0.2) is 0 Å². The smallest absolute Gasteiger partial charge is 0.265 e. The molecule has 0 saturated carbocycles. The molecule has 0 unspecified atom stereocenters. The highest BCUT2D eigenvalue weighted by molar-refractivity contribution is 7.92.